The Kier molecular flexibility index (Phi) is 7.71. The second kappa shape index (κ2) is 8.87. The van der Waals surface area contributed by atoms with Crippen LogP contribution in [0.25, 0.3) is 11.2 Å². The van der Waals surface area contributed by atoms with Crippen molar-refractivity contribution in [3.05, 3.63) is 12.7 Å². The number of nitrogens with two attached hydrogens (primary N) is 1. The molecule has 11 nitrogen and oxygen atoms in total. The average Bonchev–Trinajstić information content (AvgIpc) is 3.04. The highest BCUT2D eigenvalue weighted by molar-refractivity contribution is 5.85. The molecule has 1 aliphatic rings. The van der Waals surface area contributed by atoms with Crippen LogP contribution in [0.15, 0.2) is 12.7 Å². The van der Waals surface area contributed by atoms with Crippen molar-refractivity contribution in [3.63, 3.8) is 0 Å². The fourth-order valence-electron chi connectivity index (χ4n) is 2.52. The minimum absolute atomic E-state index is 0. The van der Waals surface area contributed by atoms with Gasteiger partial charge in [-0.1, -0.05) is 0 Å². The zero-order chi connectivity index (χ0) is 16.6. The standard InChI is InChI=1S/C12H18N6O5.2ClH/c13-5-7(21)8(22)12(23-9(5)4(20)1-19)18-11-6-10(15-2-14-6)16-3-17-11;;/h2-5,7-9,12,19-22H,1,13H2,(H2,14,15,16,17,18);2*1H. The number of halogens is 2. The molecule has 6 atom stereocenters. The third kappa shape index (κ3) is 4.10. The second-order valence-corrected chi connectivity index (χ2v) is 5.30. The van der Waals surface area contributed by atoms with Crippen LogP contribution in [0.1, 0.15) is 0 Å². The van der Waals surface area contributed by atoms with E-state index in [9.17, 15) is 15.3 Å². The molecule has 0 amide bonds. The smallest absolute Gasteiger partial charge is 0.182 e. The summed E-state index contributed by atoms with van der Waals surface area (Å²) in [6.07, 6.45) is -3.46. The summed E-state index contributed by atoms with van der Waals surface area (Å²) >= 11 is 0. The third-order valence-corrected chi connectivity index (χ3v) is 3.81. The van der Waals surface area contributed by atoms with Crippen LogP contribution < -0.4 is 11.1 Å². The SMILES string of the molecule is Cl.Cl.NC1C(O)C(O)C(Nc2ncnc3nc[nH]c23)OC1C(O)CO. The van der Waals surface area contributed by atoms with Crippen LogP contribution in [-0.2, 0) is 4.74 Å². The quantitative estimate of drug-likeness (QED) is 0.296. The van der Waals surface area contributed by atoms with E-state index in [4.69, 9.17) is 15.6 Å². The Morgan fingerprint density at radius 1 is 1.24 bits per heavy atom. The predicted octanol–water partition coefficient (Wildman–Crippen LogP) is -2.26. The molecule has 0 spiro atoms. The summed E-state index contributed by atoms with van der Waals surface area (Å²) in [5.74, 6) is 0.302. The summed E-state index contributed by atoms with van der Waals surface area (Å²) in [4.78, 5) is 14.8. The molecular formula is C12H20Cl2N6O5. The van der Waals surface area contributed by atoms with E-state index in [0.717, 1.165) is 0 Å². The van der Waals surface area contributed by atoms with Crippen LogP contribution in [-0.4, -0.2) is 83.7 Å². The Morgan fingerprint density at radius 3 is 2.64 bits per heavy atom. The number of aromatic amines is 1. The Labute approximate surface area is 154 Å². The first-order valence-corrected chi connectivity index (χ1v) is 6.99. The van der Waals surface area contributed by atoms with Crippen LogP contribution in [0.5, 0.6) is 0 Å². The minimum Gasteiger partial charge on any atom is -0.394 e. The molecule has 25 heavy (non-hydrogen) atoms. The molecule has 13 heteroatoms. The van der Waals surface area contributed by atoms with Crippen LogP contribution >= 0.6 is 24.8 Å². The largest absolute Gasteiger partial charge is 0.394 e. The zero-order valence-electron chi connectivity index (χ0n) is 12.8. The number of nitrogens with one attached hydrogen (secondary N) is 2. The van der Waals surface area contributed by atoms with Crippen LogP contribution in [0.3, 0.4) is 0 Å². The topological polar surface area (TPSA) is 183 Å². The van der Waals surface area contributed by atoms with Gasteiger partial charge in [0.25, 0.3) is 0 Å². The number of H-pyrrole nitrogens is 1. The fourth-order valence-corrected chi connectivity index (χ4v) is 2.52. The van der Waals surface area contributed by atoms with E-state index in [1.807, 2.05) is 0 Å². The highest BCUT2D eigenvalue weighted by Gasteiger charge is 2.45. The van der Waals surface area contributed by atoms with Crippen molar-refractivity contribution < 1.29 is 25.2 Å². The number of hydrogen-bond acceptors (Lipinski definition) is 10. The van der Waals surface area contributed by atoms with Gasteiger partial charge in [0.2, 0.25) is 0 Å². The summed E-state index contributed by atoms with van der Waals surface area (Å²) < 4.78 is 5.51. The molecule has 2 aromatic heterocycles. The van der Waals surface area contributed by atoms with Crippen molar-refractivity contribution >= 4 is 41.8 Å². The minimum atomic E-state index is -1.36. The first kappa shape index (κ1) is 21.7. The molecule has 0 bridgehead atoms. The van der Waals surface area contributed by atoms with E-state index in [1.165, 1.54) is 12.7 Å². The van der Waals surface area contributed by atoms with Crippen molar-refractivity contribution in [1.82, 2.24) is 19.9 Å². The molecule has 1 fully saturated rings. The number of rotatable bonds is 4. The van der Waals surface area contributed by atoms with Gasteiger partial charge in [0, 0.05) is 0 Å². The Bertz CT molecular complexity index is 678. The molecule has 1 saturated heterocycles. The van der Waals surface area contributed by atoms with Gasteiger partial charge in [0.1, 0.15) is 36.3 Å². The lowest BCUT2D eigenvalue weighted by molar-refractivity contribution is -0.197. The predicted molar refractivity (Wildman–Crippen MR) is 91.5 cm³/mol. The number of aliphatic hydroxyl groups excluding tert-OH is 4. The Morgan fingerprint density at radius 2 is 1.96 bits per heavy atom. The second-order valence-electron chi connectivity index (χ2n) is 5.30. The maximum absolute atomic E-state index is 10.1. The average molecular weight is 399 g/mol. The lowest BCUT2D eigenvalue weighted by atomic mass is 9.93. The third-order valence-electron chi connectivity index (χ3n) is 3.81. The molecule has 3 heterocycles. The van der Waals surface area contributed by atoms with Crippen LogP contribution in [0, 0.1) is 0 Å². The van der Waals surface area contributed by atoms with Crippen LogP contribution in [0.4, 0.5) is 5.82 Å². The molecule has 0 aromatic carbocycles. The van der Waals surface area contributed by atoms with Crippen molar-refractivity contribution in [2.75, 3.05) is 11.9 Å². The van der Waals surface area contributed by atoms with Gasteiger partial charge in [-0.05, 0) is 0 Å². The summed E-state index contributed by atoms with van der Waals surface area (Å²) in [5.41, 5.74) is 6.65. The summed E-state index contributed by atoms with van der Waals surface area (Å²) in [6.45, 7) is -0.591. The van der Waals surface area contributed by atoms with Gasteiger partial charge in [-0.3, -0.25) is 0 Å². The van der Waals surface area contributed by atoms with Gasteiger partial charge in [-0.2, -0.15) is 0 Å². The number of hydrogen-bond donors (Lipinski definition) is 7. The number of fused-ring (bicyclic) bond motifs is 1. The molecule has 0 aliphatic carbocycles. The normalized spacial score (nSPS) is 30.2. The first-order valence-electron chi connectivity index (χ1n) is 6.99. The molecule has 142 valence electrons. The summed E-state index contributed by atoms with van der Waals surface area (Å²) in [6, 6.07) is -1.05. The van der Waals surface area contributed by atoms with E-state index in [2.05, 4.69) is 25.3 Å². The Hall–Kier alpha value is -1.31. The summed E-state index contributed by atoms with van der Waals surface area (Å²) in [5, 5.41) is 41.8. The monoisotopic (exact) mass is 398 g/mol. The molecular weight excluding hydrogens is 379 g/mol. The van der Waals surface area contributed by atoms with Gasteiger partial charge < -0.3 is 41.2 Å². The fraction of sp³-hybridized carbons (Fsp3) is 0.583. The lowest BCUT2D eigenvalue weighted by Crippen LogP contribution is -2.65. The molecule has 1 aliphatic heterocycles. The Balaban J connectivity index is 0.00000156. The van der Waals surface area contributed by atoms with Gasteiger partial charge in [0.05, 0.1) is 19.0 Å². The van der Waals surface area contributed by atoms with E-state index in [0.29, 0.717) is 17.0 Å². The number of imidazole rings is 1. The van der Waals surface area contributed by atoms with Gasteiger partial charge in [0.15, 0.2) is 17.7 Å². The molecule has 0 radical (unpaired) electrons. The first-order chi connectivity index (χ1) is 11.0. The highest BCUT2D eigenvalue weighted by atomic mass is 35.5. The molecule has 8 N–H and O–H groups in total. The van der Waals surface area contributed by atoms with E-state index in [1.54, 1.807) is 0 Å². The molecule has 3 rings (SSSR count). The number of ether oxygens (including phenoxy) is 1. The van der Waals surface area contributed by atoms with Gasteiger partial charge >= 0.3 is 0 Å². The summed E-state index contributed by atoms with van der Waals surface area (Å²) in [7, 11) is 0. The van der Waals surface area contributed by atoms with Crippen LogP contribution in [0.2, 0.25) is 0 Å². The van der Waals surface area contributed by atoms with E-state index in [-0.39, 0.29) is 24.8 Å². The van der Waals surface area contributed by atoms with Crippen molar-refractivity contribution in [3.8, 4) is 0 Å². The number of aromatic nitrogens is 4. The maximum Gasteiger partial charge on any atom is 0.182 e. The molecule has 2 aromatic rings. The number of anilines is 1. The van der Waals surface area contributed by atoms with Gasteiger partial charge in [-0.15, -0.1) is 24.8 Å². The van der Waals surface area contributed by atoms with Crippen molar-refractivity contribution in [2.45, 2.75) is 36.7 Å². The van der Waals surface area contributed by atoms with E-state index < -0.39 is 43.3 Å². The molecule has 0 saturated carbocycles. The number of aliphatic hydroxyl groups is 4. The van der Waals surface area contributed by atoms with Gasteiger partial charge in [-0.25, -0.2) is 15.0 Å². The highest BCUT2D eigenvalue weighted by Crippen LogP contribution is 2.24. The lowest BCUT2D eigenvalue weighted by Gasteiger charge is -2.42. The zero-order valence-corrected chi connectivity index (χ0v) is 14.4. The number of nitrogens with zero attached hydrogens (tertiary/aromatic N) is 3. The molecule has 6 unspecified atom stereocenters. The van der Waals surface area contributed by atoms with Crippen molar-refractivity contribution in [2.24, 2.45) is 5.73 Å². The maximum atomic E-state index is 10.1. The van der Waals surface area contributed by atoms with E-state index >= 15 is 0 Å². The van der Waals surface area contributed by atoms with Crippen molar-refractivity contribution in [1.29, 1.82) is 0 Å².